The number of nitrogens with zero attached hydrogens (tertiary/aromatic N) is 6. The number of hydrogen-bond donors (Lipinski definition) is 0. The first kappa shape index (κ1) is 40.4. The van der Waals surface area contributed by atoms with Crippen LogP contribution in [0.1, 0.15) is 206 Å². The highest BCUT2D eigenvalue weighted by Gasteiger charge is 2.45. The first-order valence-electron chi connectivity index (χ1n) is 19.6. The van der Waals surface area contributed by atoms with Crippen molar-refractivity contribution in [1.82, 2.24) is 29.3 Å². The molecule has 3 aromatic rings. The van der Waals surface area contributed by atoms with Crippen LogP contribution in [0, 0.1) is 0 Å². The first-order valence-corrected chi connectivity index (χ1v) is 19.6. The number of aromatic nitrogens is 6. The Balaban J connectivity index is 0.000000168. The Kier molecular flexibility index (Phi) is 11.0. The van der Waals surface area contributed by atoms with Crippen LogP contribution in [0.5, 0.6) is 0 Å². The minimum atomic E-state index is 0. The van der Waals surface area contributed by atoms with Gasteiger partial charge in [0.1, 0.15) is 0 Å². The van der Waals surface area contributed by atoms with Crippen molar-refractivity contribution in [2.24, 2.45) is 21.1 Å². The van der Waals surface area contributed by atoms with Gasteiger partial charge in [0.2, 0.25) is 0 Å². The molecule has 7 rings (SSSR count). The molecule has 6 heteroatoms. The van der Waals surface area contributed by atoms with Crippen molar-refractivity contribution >= 4 is 0 Å². The van der Waals surface area contributed by atoms with E-state index in [0.717, 1.165) is 0 Å². The summed E-state index contributed by atoms with van der Waals surface area (Å²) >= 11 is 0. The molecule has 6 nitrogen and oxygen atoms in total. The van der Waals surface area contributed by atoms with Crippen LogP contribution in [0.4, 0.5) is 0 Å². The van der Waals surface area contributed by atoms with E-state index in [9.17, 15) is 0 Å². The quantitative estimate of drug-likeness (QED) is 0.236. The van der Waals surface area contributed by atoms with E-state index < -0.39 is 0 Å². The molecule has 1 saturated carbocycles. The zero-order chi connectivity index (χ0) is 36.5. The lowest BCUT2D eigenvalue weighted by Gasteiger charge is -2.32. The molecule has 0 unspecified atom stereocenters. The second-order valence-electron chi connectivity index (χ2n) is 20.6. The number of hydrogen-bond acceptors (Lipinski definition) is 3. The molecule has 0 N–H and O–H groups in total. The molecule has 0 saturated heterocycles. The fraction of sp³-hybridized carbons (Fsp3) is 0.795. The van der Waals surface area contributed by atoms with Gasteiger partial charge in [0, 0.05) is 70.7 Å². The summed E-state index contributed by atoms with van der Waals surface area (Å²) < 4.78 is 6.36. The zero-order valence-electron chi connectivity index (χ0n) is 34.7. The Bertz CT molecular complexity index is 1640. The standard InChI is InChI=1S/C16H26N2.C14H24N2.C13H22N2.CH4/c1-15(2,3)14-12-8-11-16(9-6-5-7-10-16)13(12)17-18(14)4;1-13(2,3)12-10-8-7-9-14(4,5)11(10)15-16(12)6;1-12(2,3)11-9-7-8-13(4,5)10(9)14-15(11)6;/h5-11H2,1-4H3;7-9H2,1-6H3;7-8H2,1-6H3;1H4. The summed E-state index contributed by atoms with van der Waals surface area (Å²) in [4.78, 5) is 0. The Morgan fingerprint density at radius 2 is 0.800 bits per heavy atom. The molecule has 4 aliphatic carbocycles. The fourth-order valence-corrected chi connectivity index (χ4v) is 10.3. The number of fused-ring (bicyclic) bond motifs is 4. The monoisotopic (exact) mass is 689 g/mol. The maximum atomic E-state index is 4.95. The Labute approximate surface area is 307 Å². The molecule has 0 bridgehead atoms. The van der Waals surface area contributed by atoms with Crippen molar-refractivity contribution in [1.29, 1.82) is 0 Å². The normalized spacial score (nSPS) is 20.2. The smallest absolute Gasteiger partial charge is 0.0721 e. The van der Waals surface area contributed by atoms with Crippen LogP contribution in [0.25, 0.3) is 0 Å². The molecule has 282 valence electrons. The van der Waals surface area contributed by atoms with Crippen LogP contribution in [-0.2, 0) is 72.9 Å². The van der Waals surface area contributed by atoms with E-state index in [1.165, 1.54) is 122 Å². The van der Waals surface area contributed by atoms with Crippen LogP contribution >= 0.6 is 0 Å². The summed E-state index contributed by atoms with van der Waals surface area (Å²) in [7, 11) is 6.30. The molecule has 50 heavy (non-hydrogen) atoms. The third kappa shape index (κ3) is 7.43. The molecule has 3 heterocycles. The molecule has 1 spiro atoms. The van der Waals surface area contributed by atoms with Crippen LogP contribution in [0.3, 0.4) is 0 Å². The van der Waals surface area contributed by atoms with Gasteiger partial charge in [-0.25, -0.2) is 0 Å². The van der Waals surface area contributed by atoms with Crippen molar-refractivity contribution < 1.29 is 0 Å². The van der Waals surface area contributed by atoms with Crippen LogP contribution in [-0.4, -0.2) is 29.3 Å². The molecule has 0 aromatic carbocycles. The van der Waals surface area contributed by atoms with Gasteiger partial charge in [0.15, 0.2) is 0 Å². The minimum Gasteiger partial charge on any atom is -0.272 e. The molecule has 1 fully saturated rings. The van der Waals surface area contributed by atoms with Gasteiger partial charge in [-0.15, -0.1) is 0 Å². The lowest BCUT2D eigenvalue weighted by Crippen LogP contribution is -2.27. The summed E-state index contributed by atoms with van der Waals surface area (Å²) in [6.07, 6.45) is 15.8. The van der Waals surface area contributed by atoms with E-state index in [0.29, 0.717) is 5.41 Å². The van der Waals surface area contributed by atoms with Crippen molar-refractivity contribution in [2.75, 3.05) is 0 Å². The average molecular weight is 689 g/mol. The highest BCUT2D eigenvalue weighted by molar-refractivity contribution is 5.42. The van der Waals surface area contributed by atoms with Gasteiger partial charge in [-0.05, 0) is 74.5 Å². The van der Waals surface area contributed by atoms with Crippen LogP contribution in [0.2, 0.25) is 0 Å². The molecule has 0 atom stereocenters. The minimum absolute atomic E-state index is 0. The predicted octanol–water partition coefficient (Wildman–Crippen LogP) is 10.8. The summed E-state index contributed by atoms with van der Waals surface area (Å²) in [5, 5.41) is 14.5. The fourth-order valence-electron chi connectivity index (χ4n) is 10.3. The zero-order valence-corrected chi connectivity index (χ0v) is 34.7. The number of aryl methyl sites for hydroxylation is 3. The second kappa shape index (κ2) is 13.6. The van der Waals surface area contributed by atoms with Crippen molar-refractivity contribution in [3.05, 3.63) is 50.9 Å². The molecule has 3 aromatic heterocycles. The Hall–Kier alpha value is -2.37. The van der Waals surface area contributed by atoms with Gasteiger partial charge >= 0.3 is 0 Å². The topological polar surface area (TPSA) is 53.5 Å². The van der Waals surface area contributed by atoms with Gasteiger partial charge in [-0.2, -0.15) is 15.3 Å². The molecular weight excluding hydrogens is 613 g/mol. The summed E-state index contributed by atoms with van der Waals surface area (Å²) in [6.45, 7) is 29.9. The highest BCUT2D eigenvalue weighted by Crippen LogP contribution is 2.50. The van der Waals surface area contributed by atoms with E-state index in [-0.39, 0.29) is 34.5 Å². The summed E-state index contributed by atoms with van der Waals surface area (Å²) in [5.74, 6) is 0. The van der Waals surface area contributed by atoms with E-state index in [4.69, 9.17) is 15.3 Å². The average Bonchev–Trinajstić information content (AvgIpc) is 3.72. The summed E-state index contributed by atoms with van der Waals surface area (Å²) in [6, 6.07) is 0. The molecule has 0 radical (unpaired) electrons. The first-order chi connectivity index (χ1) is 22.4. The Morgan fingerprint density at radius 1 is 0.440 bits per heavy atom. The summed E-state index contributed by atoms with van der Waals surface area (Å²) in [5.41, 5.74) is 14.7. The lowest BCUT2D eigenvalue weighted by atomic mass is 9.72. The van der Waals surface area contributed by atoms with Crippen molar-refractivity contribution in [3.8, 4) is 0 Å². The van der Waals surface area contributed by atoms with Crippen LogP contribution < -0.4 is 0 Å². The second-order valence-corrected chi connectivity index (χ2v) is 20.6. The number of rotatable bonds is 0. The highest BCUT2D eigenvalue weighted by atomic mass is 15.3. The van der Waals surface area contributed by atoms with Gasteiger partial charge in [0.05, 0.1) is 17.1 Å². The molecular formula is C44H76N6. The lowest BCUT2D eigenvalue weighted by molar-refractivity contribution is 0.282. The largest absolute Gasteiger partial charge is 0.272 e. The SMILES string of the molecule is C.Cn1nc2c(c1C(C)(C)C)CCC2(C)C.Cn1nc2c(c1C(C)(C)C)CCC21CCCCC1.Cn1nc2c(c1C(C)(C)C)CCCC2(C)C. The maximum Gasteiger partial charge on any atom is 0.0721 e. The van der Waals surface area contributed by atoms with Gasteiger partial charge in [0.25, 0.3) is 0 Å². The third-order valence-electron chi connectivity index (χ3n) is 12.2. The van der Waals surface area contributed by atoms with Gasteiger partial charge < -0.3 is 0 Å². The van der Waals surface area contributed by atoms with Crippen molar-refractivity contribution in [3.63, 3.8) is 0 Å². The molecule has 0 aliphatic heterocycles. The van der Waals surface area contributed by atoms with Gasteiger partial charge in [-0.1, -0.05) is 117 Å². The van der Waals surface area contributed by atoms with E-state index in [2.05, 4.69) is 125 Å². The van der Waals surface area contributed by atoms with Crippen LogP contribution in [0.15, 0.2) is 0 Å². The molecule has 0 amide bonds. The molecule has 4 aliphatic rings. The van der Waals surface area contributed by atoms with E-state index >= 15 is 0 Å². The van der Waals surface area contributed by atoms with Gasteiger partial charge in [-0.3, -0.25) is 14.0 Å². The Morgan fingerprint density at radius 3 is 1.24 bits per heavy atom. The van der Waals surface area contributed by atoms with E-state index in [1.807, 2.05) is 0 Å². The van der Waals surface area contributed by atoms with E-state index in [1.54, 1.807) is 5.56 Å². The van der Waals surface area contributed by atoms with Crippen molar-refractivity contribution in [2.45, 2.75) is 207 Å². The third-order valence-corrected chi connectivity index (χ3v) is 12.2. The maximum absolute atomic E-state index is 4.95. The predicted molar refractivity (Wildman–Crippen MR) is 213 cm³/mol.